The number of fused-ring (bicyclic) bond motifs is 1. The number of rotatable bonds is 3. The Morgan fingerprint density at radius 1 is 1.24 bits per heavy atom. The van der Waals surface area contributed by atoms with Crippen LogP contribution in [0.15, 0.2) is 53.5 Å². The number of aromatic nitrogens is 2. The first kappa shape index (κ1) is 13.2. The first-order valence-electron chi connectivity index (χ1n) is 6.56. The van der Waals surface area contributed by atoms with Gasteiger partial charge in [0.2, 0.25) is 0 Å². The van der Waals surface area contributed by atoms with Gasteiger partial charge in [0.1, 0.15) is 5.75 Å². The summed E-state index contributed by atoms with van der Waals surface area (Å²) in [5, 5.41) is 0.892. The number of anilines is 1. The van der Waals surface area contributed by atoms with E-state index in [4.69, 9.17) is 10.5 Å². The number of methoxy groups -OCH3 is 1. The topological polar surface area (TPSA) is 70.1 Å². The summed E-state index contributed by atoms with van der Waals surface area (Å²) in [4.78, 5) is 16.5. The van der Waals surface area contributed by atoms with Gasteiger partial charge in [-0.3, -0.25) is 9.78 Å². The van der Waals surface area contributed by atoms with E-state index in [-0.39, 0.29) is 5.56 Å². The molecule has 0 bridgehead atoms. The molecule has 5 nitrogen and oxygen atoms in total. The SMILES string of the molecule is COc1cc2c(ccc(=O)n2Cc2ccccn2)cc1N. The van der Waals surface area contributed by atoms with Crippen LogP contribution < -0.4 is 16.0 Å². The maximum atomic E-state index is 12.2. The Balaban J connectivity index is 2.20. The van der Waals surface area contributed by atoms with Crippen LogP contribution in [0.25, 0.3) is 10.9 Å². The number of nitrogens with zero attached hydrogens (tertiary/aromatic N) is 2. The van der Waals surface area contributed by atoms with Crippen LogP contribution in [-0.4, -0.2) is 16.7 Å². The van der Waals surface area contributed by atoms with Crippen LogP contribution in [-0.2, 0) is 6.54 Å². The van der Waals surface area contributed by atoms with E-state index >= 15 is 0 Å². The largest absolute Gasteiger partial charge is 0.495 e. The van der Waals surface area contributed by atoms with Crippen molar-refractivity contribution in [3.05, 3.63) is 64.7 Å². The van der Waals surface area contributed by atoms with Crippen LogP contribution in [0.2, 0.25) is 0 Å². The molecule has 0 saturated carbocycles. The quantitative estimate of drug-likeness (QED) is 0.746. The highest BCUT2D eigenvalue weighted by molar-refractivity contribution is 5.85. The van der Waals surface area contributed by atoms with Crippen LogP contribution in [0.5, 0.6) is 5.75 Å². The summed E-state index contributed by atoms with van der Waals surface area (Å²) in [6, 6.07) is 12.5. The van der Waals surface area contributed by atoms with Crippen molar-refractivity contribution in [1.29, 1.82) is 0 Å². The number of hydrogen-bond acceptors (Lipinski definition) is 4. The molecule has 0 amide bonds. The lowest BCUT2D eigenvalue weighted by atomic mass is 10.1. The number of ether oxygens (including phenoxy) is 1. The van der Waals surface area contributed by atoms with Gasteiger partial charge in [0, 0.05) is 23.7 Å². The van der Waals surface area contributed by atoms with Crippen molar-refractivity contribution in [2.75, 3.05) is 12.8 Å². The van der Waals surface area contributed by atoms with Crippen LogP contribution in [0, 0.1) is 0 Å². The number of benzene rings is 1. The minimum atomic E-state index is -0.0834. The van der Waals surface area contributed by atoms with E-state index in [1.165, 1.54) is 6.07 Å². The molecule has 5 heteroatoms. The van der Waals surface area contributed by atoms with Crippen LogP contribution in [0.3, 0.4) is 0 Å². The highest BCUT2D eigenvalue weighted by Crippen LogP contribution is 2.27. The molecule has 2 aromatic heterocycles. The predicted octanol–water partition coefficient (Wildman–Crippen LogP) is 2.04. The monoisotopic (exact) mass is 281 g/mol. The van der Waals surface area contributed by atoms with E-state index in [1.54, 1.807) is 30.0 Å². The summed E-state index contributed by atoms with van der Waals surface area (Å²) in [6.45, 7) is 0.407. The molecule has 2 heterocycles. The highest BCUT2D eigenvalue weighted by atomic mass is 16.5. The number of nitrogen functional groups attached to an aromatic ring is 1. The molecule has 3 rings (SSSR count). The summed E-state index contributed by atoms with van der Waals surface area (Å²) < 4.78 is 6.91. The Morgan fingerprint density at radius 2 is 2.10 bits per heavy atom. The van der Waals surface area contributed by atoms with Crippen molar-refractivity contribution in [2.45, 2.75) is 6.54 Å². The molecule has 0 unspecified atom stereocenters. The van der Waals surface area contributed by atoms with Crippen molar-refractivity contribution in [1.82, 2.24) is 9.55 Å². The number of hydrogen-bond donors (Lipinski definition) is 1. The Bertz CT molecular complexity index is 841. The van der Waals surface area contributed by atoms with Gasteiger partial charge in [-0.15, -0.1) is 0 Å². The second-order valence-corrected chi connectivity index (χ2v) is 4.73. The third-order valence-electron chi connectivity index (χ3n) is 3.39. The fourth-order valence-corrected chi connectivity index (χ4v) is 2.33. The van der Waals surface area contributed by atoms with E-state index in [0.29, 0.717) is 18.0 Å². The van der Waals surface area contributed by atoms with Crippen molar-refractivity contribution in [3.63, 3.8) is 0 Å². The second kappa shape index (κ2) is 5.28. The van der Waals surface area contributed by atoms with Gasteiger partial charge in [-0.2, -0.15) is 0 Å². The maximum absolute atomic E-state index is 12.2. The van der Waals surface area contributed by atoms with Gasteiger partial charge in [-0.25, -0.2) is 0 Å². The lowest BCUT2D eigenvalue weighted by molar-refractivity contribution is 0.417. The molecule has 0 fully saturated rings. The molecule has 1 aromatic carbocycles. The molecule has 21 heavy (non-hydrogen) atoms. The normalized spacial score (nSPS) is 10.7. The van der Waals surface area contributed by atoms with Crippen LogP contribution >= 0.6 is 0 Å². The van der Waals surface area contributed by atoms with E-state index < -0.39 is 0 Å². The van der Waals surface area contributed by atoms with Crippen molar-refractivity contribution < 1.29 is 4.74 Å². The van der Waals surface area contributed by atoms with E-state index in [9.17, 15) is 4.79 Å². The van der Waals surface area contributed by atoms with Gasteiger partial charge in [0.25, 0.3) is 5.56 Å². The predicted molar refractivity (Wildman–Crippen MR) is 82.5 cm³/mol. The second-order valence-electron chi connectivity index (χ2n) is 4.73. The Labute approximate surface area is 121 Å². The van der Waals surface area contributed by atoms with Gasteiger partial charge < -0.3 is 15.0 Å². The van der Waals surface area contributed by atoms with E-state index in [2.05, 4.69) is 4.98 Å². The first-order chi connectivity index (χ1) is 10.2. The third kappa shape index (κ3) is 2.45. The summed E-state index contributed by atoms with van der Waals surface area (Å²) in [6.07, 6.45) is 1.71. The summed E-state index contributed by atoms with van der Waals surface area (Å²) in [7, 11) is 1.56. The zero-order valence-electron chi connectivity index (χ0n) is 11.6. The molecule has 3 aromatic rings. The van der Waals surface area contributed by atoms with Crippen LogP contribution in [0.4, 0.5) is 5.69 Å². The lowest BCUT2D eigenvalue weighted by Crippen LogP contribution is -2.20. The Kier molecular flexibility index (Phi) is 3.31. The van der Waals surface area contributed by atoms with Gasteiger partial charge in [0.15, 0.2) is 0 Å². The summed E-state index contributed by atoms with van der Waals surface area (Å²) >= 11 is 0. The summed E-state index contributed by atoms with van der Waals surface area (Å²) in [5.74, 6) is 0.558. The van der Waals surface area contributed by atoms with E-state index in [1.807, 2.05) is 24.3 Å². The lowest BCUT2D eigenvalue weighted by Gasteiger charge is -2.12. The van der Waals surface area contributed by atoms with Crippen LogP contribution in [0.1, 0.15) is 5.69 Å². The minimum Gasteiger partial charge on any atom is -0.495 e. The highest BCUT2D eigenvalue weighted by Gasteiger charge is 2.08. The molecule has 0 aliphatic carbocycles. The molecular weight excluding hydrogens is 266 g/mol. The molecule has 0 aliphatic heterocycles. The number of pyridine rings is 2. The first-order valence-corrected chi connectivity index (χ1v) is 6.56. The third-order valence-corrected chi connectivity index (χ3v) is 3.39. The van der Waals surface area contributed by atoms with Crippen molar-refractivity contribution in [2.24, 2.45) is 0 Å². The van der Waals surface area contributed by atoms with Crippen molar-refractivity contribution >= 4 is 16.6 Å². The zero-order valence-corrected chi connectivity index (χ0v) is 11.6. The molecule has 0 aliphatic rings. The Hall–Kier alpha value is -2.82. The molecule has 0 radical (unpaired) electrons. The smallest absolute Gasteiger partial charge is 0.251 e. The Morgan fingerprint density at radius 3 is 2.81 bits per heavy atom. The molecular formula is C16H15N3O2. The maximum Gasteiger partial charge on any atom is 0.251 e. The number of nitrogens with two attached hydrogens (primary N) is 1. The van der Waals surface area contributed by atoms with Gasteiger partial charge in [0.05, 0.1) is 30.6 Å². The molecule has 0 spiro atoms. The minimum absolute atomic E-state index is 0.0834. The van der Waals surface area contributed by atoms with Gasteiger partial charge in [-0.1, -0.05) is 6.07 Å². The van der Waals surface area contributed by atoms with Gasteiger partial charge in [-0.05, 0) is 24.3 Å². The fraction of sp³-hybridized carbons (Fsp3) is 0.125. The average molecular weight is 281 g/mol. The molecule has 0 atom stereocenters. The average Bonchev–Trinajstić information content (AvgIpc) is 2.51. The van der Waals surface area contributed by atoms with E-state index in [0.717, 1.165) is 16.6 Å². The fourth-order valence-electron chi connectivity index (χ4n) is 2.33. The zero-order chi connectivity index (χ0) is 14.8. The van der Waals surface area contributed by atoms with Gasteiger partial charge >= 0.3 is 0 Å². The molecule has 0 saturated heterocycles. The standard InChI is InChI=1S/C16H15N3O2/c1-21-15-9-14-11(8-13(15)17)5-6-16(20)19(14)10-12-4-2-3-7-18-12/h2-9H,10,17H2,1H3. The molecule has 2 N–H and O–H groups in total. The molecule has 106 valence electrons. The summed E-state index contributed by atoms with van der Waals surface area (Å²) in [5.41, 5.74) is 7.98. The van der Waals surface area contributed by atoms with Crippen molar-refractivity contribution in [3.8, 4) is 5.75 Å².